The van der Waals surface area contributed by atoms with Crippen molar-refractivity contribution < 1.29 is 23.0 Å². The Labute approximate surface area is 126 Å². The fourth-order valence-electron chi connectivity index (χ4n) is 1.82. The summed E-state index contributed by atoms with van der Waals surface area (Å²) in [5, 5.41) is 10.1. The maximum absolute atomic E-state index is 13.2. The summed E-state index contributed by atoms with van der Waals surface area (Å²) < 4.78 is 44.7. The fourth-order valence-corrected chi connectivity index (χ4v) is 1.82. The normalized spacial score (nSPS) is 13.7. The highest BCUT2D eigenvalue weighted by atomic mass is 19.4. The Morgan fingerprint density at radius 3 is 2.05 bits per heavy atom. The summed E-state index contributed by atoms with van der Waals surface area (Å²) in [6.07, 6.45) is -4.91. The van der Waals surface area contributed by atoms with Crippen LogP contribution in [-0.2, 0) is 5.60 Å². The third-order valence-electron chi connectivity index (χ3n) is 3.08. The monoisotopic (exact) mass is 306 g/mol. The first-order chi connectivity index (χ1) is 10.4. The molecule has 0 heterocycles. The number of ether oxygens (including phenoxy) is 1. The van der Waals surface area contributed by atoms with E-state index in [0.717, 1.165) is 0 Å². The summed E-state index contributed by atoms with van der Waals surface area (Å²) in [4.78, 5) is 0. The lowest BCUT2D eigenvalue weighted by molar-refractivity contribution is -0.240. The predicted molar refractivity (Wildman–Crippen MR) is 76.3 cm³/mol. The molecule has 0 amide bonds. The maximum Gasteiger partial charge on any atom is 0.433 e. The van der Waals surface area contributed by atoms with Gasteiger partial charge in [-0.1, -0.05) is 36.3 Å². The summed E-state index contributed by atoms with van der Waals surface area (Å²) in [5.41, 5.74) is -3.18. The van der Waals surface area contributed by atoms with Crippen LogP contribution in [0.5, 0.6) is 5.75 Å². The van der Waals surface area contributed by atoms with Gasteiger partial charge in [-0.3, -0.25) is 0 Å². The molecule has 2 aromatic rings. The van der Waals surface area contributed by atoms with E-state index in [4.69, 9.17) is 4.74 Å². The van der Waals surface area contributed by atoms with E-state index in [1.54, 1.807) is 18.2 Å². The molecule has 0 saturated heterocycles. The number of halogens is 3. The lowest BCUT2D eigenvalue weighted by atomic mass is 9.93. The summed E-state index contributed by atoms with van der Waals surface area (Å²) in [7, 11) is 1.48. The fraction of sp³-hybridized carbons (Fsp3) is 0.176. The van der Waals surface area contributed by atoms with Gasteiger partial charge in [-0.15, -0.1) is 0 Å². The Morgan fingerprint density at radius 2 is 1.55 bits per heavy atom. The van der Waals surface area contributed by atoms with Gasteiger partial charge < -0.3 is 9.84 Å². The minimum Gasteiger partial charge on any atom is -0.497 e. The van der Waals surface area contributed by atoms with Crippen LogP contribution in [0.1, 0.15) is 11.1 Å². The summed E-state index contributed by atoms with van der Waals surface area (Å²) in [6, 6.07) is 13.0. The van der Waals surface area contributed by atoms with Gasteiger partial charge in [0.05, 0.1) is 7.11 Å². The second-order valence-electron chi connectivity index (χ2n) is 4.55. The van der Waals surface area contributed by atoms with Crippen LogP contribution in [0.4, 0.5) is 13.2 Å². The van der Waals surface area contributed by atoms with E-state index in [1.165, 1.54) is 43.5 Å². The van der Waals surface area contributed by atoms with Crippen LogP contribution in [0, 0.1) is 11.8 Å². The van der Waals surface area contributed by atoms with Crippen molar-refractivity contribution in [2.75, 3.05) is 7.11 Å². The number of benzene rings is 2. The van der Waals surface area contributed by atoms with Gasteiger partial charge in [0, 0.05) is 11.1 Å². The van der Waals surface area contributed by atoms with Crippen LogP contribution in [0.2, 0.25) is 0 Å². The molecule has 5 heteroatoms. The van der Waals surface area contributed by atoms with E-state index in [1.807, 2.05) is 5.92 Å². The smallest absolute Gasteiger partial charge is 0.433 e. The van der Waals surface area contributed by atoms with Crippen LogP contribution in [0.15, 0.2) is 54.6 Å². The lowest BCUT2D eigenvalue weighted by Gasteiger charge is -2.25. The number of rotatable bonds is 2. The van der Waals surface area contributed by atoms with Gasteiger partial charge in [-0.05, 0) is 30.2 Å². The SMILES string of the molecule is COc1ccc(C#C[C@@](O)(c2ccccc2)C(F)(F)F)cc1. The topological polar surface area (TPSA) is 29.5 Å². The van der Waals surface area contributed by atoms with Crippen molar-refractivity contribution >= 4 is 0 Å². The van der Waals surface area contributed by atoms with Crippen molar-refractivity contribution in [1.82, 2.24) is 0 Å². The third-order valence-corrected chi connectivity index (χ3v) is 3.08. The molecule has 0 saturated carbocycles. The predicted octanol–water partition coefficient (Wildman–Crippen LogP) is 3.50. The molecular weight excluding hydrogens is 293 g/mol. The zero-order chi connectivity index (χ0) is 16.2. The van der Waals surface area contributed by atoms with Gasteiger partial charge in [0.15, 0.2) is 0 Å². The molecule has 0 aliphatic carbocycles. The van der Waals surface area contributed by atoms with Crippen molar-refractivity contribution in [3.63, 3.8) is 0 Å². The van der Waals surface area contributed by atoms with E-state index in [9.17, 15) is 18.3 Å². The molecule has 22 heavy (non-hydrogen) atoms. The van der Waals surface area contributed by atoms with E-state index < -0.39 is 11.8 Å². The first-order valence-corrected chi connectivity index (χ1v) is 6.38. The lowest BCUT2D eigenvalue weighted by Crippen LogP contribution is -2.41. The molecule has 0 aliphatic rings. The minimum absolute atomic E-state index is 0.316. The van der Waals surface area contributed by atoms with Crippen molar-refractivity contribution in [2.45, 2.75) is 11.8 Å². The molecule has 2 aromatic carbocycles. The molecule has 1 N–H and O–H groups in total. The van der Waals surface area contributed by atoms with Gasteiger partial charge in [-0.2, -0.15) is 13.2 Å². The molecule has 2 nitrogen and oxygen atoms in total. The number of hydrogen-bond donors (Lipinski definition) is 1. The molecule has 2 rings (SSSR count). The van der Waals surface area contributed by atoms with Crippen LogP contribution >= 0.6 is 0 Å². The zero-order valence-electron chi connectivity index (χ0n) is 11.7. The summed E-state index contributed by atoms with van der Waals surface area (Å²) in [5.74, 6) is 4.88. The molecule has 0 fully saturated rings. The third kappa shape index (κ3) is 3.23. The average molecular weight is 306 g/mol. The standard InChI is InChI=1S/C17H13F3O2/c1-22-15-9-7-13(8-10-15)11-12-16(21,17(18,19)20)14-5-3-2-4-6-14/h2-10,21H,1H3/t16-/m1/s1. The molecular formula is C17H13F3O2. The molecule has 0 bridgehead atoms. The molecule has 0 radical (unpaired) electrons. The maximum atomic E-state index is 13.2. The van der Waals surface area contributed by atoms with E-state index in [-0.39, 0.29) is 5.56 Å². The summed E-state index contributed by atoms with van der Waals surface area (Å²) in [6.45, 7) is 0. The van der Waals surface area contributed by atoms with Crippen LogP contribution < -0.4 is 4.74 Å². The highest BCUT2D eigenvalue weighted by Gasteiger charge is 2.54. The second-order valence-corrected chi connectivity index (χ2v) is 4.55. The Hall–Kier alpha value is -2.45. The average Bonchev–Trinajstić information content (AvgIpc) is 2.53. The Morgan fingerprint density at radius 1 is 0.955 bits per heavy atom. The van der Waals surface area contributed by atoms with Gasteiger partial charge in [0.2, 0.25) is 5.60 Å². The zero-order valence-corrected chi connectivity index (χ0v) is 11.7. The molecule has 0 unspecified atom stereocenters. The molecule has 114 valence electrons. The Balaban J connectivity index is 2.42. The van der Waals surface area contributed by atoms with Crippen LogP contribution in [0.3, 0.4) is 0 Å². The number of alkyl halides is 3. The largest absolute Gasteiger partial charge is 0.497 e. The van der Waals surface area contributed by atoms with Gasteiger partial charge in [0.1, 0.15) is 5.75 Å². The Bertz CT molecular complexity index is 682. The first kappa shape index (κ1) is 15.9. The van der Waals surface area contributed by atoms with Crippen molar-refractivity contribution in [2.24, 2.45) is 0 Å². The first-order valence-electron chi connectivity index (χ1n) is 6.38. The van der Waals surface area contributed by atoms with E-state index >= 15 is 0 Å². The van der Waals surface area contributed by atoms with Crippen molar-refractivity contribution in [3.8, 4) is 17.6 Å². The van der Waals surface area contributed by atoms with Crippen molar-refractivity contribution in [1.29, 1.82) is 0 Å². The van der Waals surface area contributed by atoms with Crippen LogP contribution in [0.25, 0.3) is 0 Å². The number of methoxy groups -OCH3 is 1. The molecule has 0 aliphatic heterocycles. The highest BCUT2D eigenvalue weighted by molar-refractivity contribution is 5.43. The van der Waals surface area contributed by atoms with Gasteiger partial charge >= 0.3 is 6.18 Å². The summed E-state index contributed by atoms with van der Waals surface area (Å²) >= 11 is 0. The van der Waals surface area contributed by atoms with Gasteiger partial charge in [0.25, 0.3) is 0 Å². The highest BCUT2D eigenvalue weighted by Crippen LogP contribution is 2.38. The number of aliphatic hydroxyl groups is 1. The molecule has 1 atom stereocenters. The van der Waals surface area contributed by atoms with Gasteiger partial charge in [-0.25, -0.2) is 0 Å². The Kier molecular flexibility index (Phi) is 4.43. The van der Waals surface area contributed by atoms with Crippen LogP contribution in [-0.4, -0.2) is 18.4 Å². The van der Waals surface area contributed by atoms with E-state index in [2.05, 4.69) is 5.92 Å². The quantitative estimate of drug-likeness (QED) is 0.861. The minimum atomic E-state index is -4.91. The van der Waals surface area contributed by atoms with Crippen molar-refractivity contribution in [3.05, 3.63) is 65.7 Å². The second kappa shape index (κ2) is 6.12. The molecule has 0 aromatic heterocycles. The van der Waals surface area contributed by atoms with E-state index in [0.29, 0.717) is 11.3 Å². The number of hydrogen-bond acceptors (Lipinski definition) is 2. The molecule has 0 spiro atoms.